The van der Waals surface area contributed by atoms with Gasteiger partial charge in [-0.1, -0.05) is 26.0 Å². The summed E-state index contributed by atoms with van der Waals surface area (Å²) in [4.78, 5) is 22.9. The lowest BCUT2D eigenvalue weighted by atomic mass is 10.1. The summed E-state index contributed by atoms with van der Waals surface area (Å²) in [7, 11) is 0. The van der Waals surface area contributed by atoms with Gasteiger partial charge in [0.05, 0.1) is 11.8 Å². The van der Waals surface area contributed by atoms with E-state index >= 15 is 0 Å². The molecule has 0 bridgehead atoms. The molecule has 0 aliphatic rings. The summed E-state index contributed by atoms with van der Waals surface area (Å²) in [5, 5.41) is 0. The first-order valence-corrected chi connectivity index (χ1v) is 6.19. The predicted octanol–water partition coefficient (Wildman–Crippen LogP) is 2.50. The van der Waals surface area contributed by atoms with Crippen molar-refractivity contribution in [1.82, 2.24) is 0 Å². The molecule has 102 valence electrons. The summed E-state index contributed by atoms with van der Waals surface area (Å²) in [6.45, 7) is 11.0. The highest BCUT2D eigenvalue weighted by Gasteiger charge is 2.16. The molecular weight excluding hydrogens is 232 g/mol. The predicted molar refractivity (Wildman–Crippen MR) is 69.9 cm³/mol. The third kappa shape index (κ3) is 5.66. The number of hydrogen-bond donors (Lipinski definition) is 0. The van der Waals surface area contributed by atoms with Crippen LogP contribution in [0, 0.1) is 11.8 Å². The summed E-state index contributed by atoms with van der Waals surface area (Å²) in [5.41, 5.74) is 0. The maximum absolute atomic E-state index is 11.4. The summed E-state index contributed by atoms with van der Waals surface area (Å²) < 4.78 is 9.94. The normalized spacial score (nSPS) is 13.2. The van der Waals surface area contributed by atoms with E-state index < -0.39 is 0 Å². The molecule has 18 heavy (non-hydrogen) atoms. The van der Waals surface area contributed by atoms with Crippen molar-refractivity contribution < 1.29 is 19.1 Å². The quantitative estimate of drug-likeness (QED) is 0.360. The molecule has 0 aliphatic heterocycles. The lowest BCUT2D eigenvalue weighted by molar-refractivity contribution is -0.155. The van der Waals surface area contributed by atoms with E-state index in [2.05, 4.69) is 13.2 Å². The zero-order chi connectivity index (χ0) is 14.0. The van der Waals surface area contributed by atoms with E-state index in [1.54, 1.807) is 12.2 Å². The molecule has 0 rings (SSSR count). The Morgan fingerprint density at radius 2 is 1.28 bits per heavy atom. The molecule has 0 heterocycles. The van der Waals surface area contributed by atoms with Crippen LogP contribution >= 0.6 is 0 Å². The van der Waals surface area contributed by atoms with Gasteiger partial charge in [0.25, 0.3) is 0 Å². The Labute approximate surface area is 109 Å². The zero-order valence-corrected chi connectivity index (χ0v) is 11.2. The standard InChI is InChI=1S/C14H22O4/c1-5-11(6-2)13(15)17-9-10-18-14(16)12(7-3)8-4/h5,7,11-12H,1,3,6,8-10H2,2,4H3. The van der Waals surface area contributed by atoms with Crippen molar-refractivity contribution in [1.29, 1.82) is 0 Å². The van der Waals surface area contributed by atoms with Gasteiger partial charge in [-0.2, -0.15) is 0 Å². The fourth-order valence-electron chi connectivity index (χ4n) is 1.36. The van der Waals surface area contributed by atoms with Crippen LogP contribution in [0.2, 0.25) is 0 Å². The Morgan fingerprint density at radius 1 is 0.944 bits per heavy atom. The number of esters is 2. The lowest BCUT2D eigenvalue weighted by Crippen LogP contribution is -2.21. The van der Waals surface area contributed by atoms with Gasteiger partial charge in [-0.05, 0) is 12.8 Å². The Bertz CT molecular complexity index is 266. The van der Waals surface area contributed by atoms with Crippen molar-refractivity contribution in [3.8, 4) is 0 Å². The van der Waals surface area contributed by atoms with E-state index in [0.717, 1.165) is 0 Å². The minimum Gasteiger partial charge on any atom is -0.462 e. The molecule has 0 aromatic rings. The average molecular weight is 254 g/mol. The van der Waals surface area contributed by atoms with Gasteiger partial charge < -0.3 is 9.47 Å². The van der Waals surface area contributed by atoms with Gasteiger partial charge in [-0.15, -0.1) is 13.2 Å². The first kappa shape index (κ1) is 16.4. The Morgan fingerprint density at radius 3 is 1.50 bits per heavy atom. The average Bonchev–Trinajstić information content (AvgIpc) is 2.37. The second kappa shape index (κ2) is 9.45. The molecule has 0 aromatic heterocycles. The van der Waals surface area contributed by atoms with E-state index in [1.807, 2.05) is 13.8 Å². The van der Waals surface area contributed by atoms with Crippen molar-refractivity contribution in [2.75, 3.05) is 13.2 Å². The zero-order valence-electron chi connectivity index (χ0n) is 11.2. The highest BCUT2D eigenvalue weighted by Crippen LogP contribution is 2.07. The van der Waals surface area contributed by atoms with Crippen LogP contribution < -0.4 is 0 Å². The molecule has 0 spiro atoms. The summed E-state index contributed by atoms with van der Waals surface area (Å²) >= 11 is 0. The van der Waals surface area contributed by atoms with Crippen molar-refractivity contribution >= 4 is 11.9 Å². The van der Waals surface area contributed by atoms with Crippen LogP contribution in [0.25, 0.3) is 0 Å². The van der Waals surface area contributed by atoms with Gasteiger partial charge in [-0.25, -0.2) is 0 Å². The lowest BCUT2D eigenvalue weighted by Gasteiger charge is -2.12. The second-order valence-corrected chi connectivity index (χ2v) is 3.84. The maximum atomic E-state index is 11.4. The van der Waals surface area contributed by atoms with Gasteiger partial charge in [0.1, 0.15) is 13.2 Å². The van der Waals surface area contributed by atoms with Crippen molar-refractivity contribution in [3.05, 3.63) is 25.3 Å². The van der Waals surface area contributed by atoms with E-state index in [9.17, 15) is 9.59 Å². The molecule has 4 nitrogen and oxygen atoms in total. The number of hydrogen-bond acceptors (Lipinski definition) is 4. The highest BCUT2D eigenvalue weighted by atomic mass is 16.6. The number of carbonyl (C=O) groups excluding carboxylic acids is 2. The smallest absolute Gasteiger partial charge is 0.312 e. The number of carbonyl (C=O) groups is 2. The number of ether oxygens (including phenoxy) is 2. The van der Waals surface area contributed by atoms with Crippen LogP contribution in [0.1, 0.15) is 26.7 Å². The van der Waals surface area contributed by atoms with E-state index in [1.165, 1.54) is 0 Å². The minimum absolute atomic E-state index is 0.0719. The molecule has 0 radical (unpaired) electrons. The minimum atomic E-state index is -0.334. The summed E-state index contributed by atoms with van der Waals surface area (Å²) in [6.07, 6.45) is 4.41. The molecule has 0 aromatic carbocycles. The van der Waals surface area contributed by atoms with Gasteiger partial charge in [0.2, 0.25) is 0 Å². The molecule has 0 amide bonds. The first-order valence-electron chi connectivity index (χ1n) is 6.19. The molecule has 0 N–H and O–H groups in total. The Hall–Kier alpha value is -1.58. The van der Waals surface area contributed by atoms with Crippen molar-refractivity contribution in [3.63, 3.8) is 0 Å². The summed E-state index contributed by atoms with van der Waals surface area (Å²) in [6, 6.07) is 0. The van der Waals surface area contributed by atoms with Gasteiger partial charge in [0.15, 0.2) is 0 Å². The molecule has 0 aliphatic carbocycles. The fourth-order valence-corrected chi connectivity index (χ4v) is 1.36. The fraction of sp³-hybridized carbons (Fsp3) is 0.571. The third-order valence-electron chi connectivity index (χ3n) is 2.63. The van der Waals surface area contributed by atoms with Gasteiger partial charge in [0, 0.05) is 0 Å². The van der Waals surface area contributed by atoms with Crippen LogP contribution in [0.4, 0.5) is 0 Å². The van der Waals surface area contributed by atoms with Crippen LogP contribution in [-0.4, -0.2) is 25.2 Å². The maximum Gasteiger partial charge on any atom is 0.312 e. The molecule has 0 saturated heterocycles. The molecular formula is C14H22O4. The van der Waals surface area contributed by atoms with Crippen molar-refractivity contribution in [2.24, 2.45) is 11.8 Å². The molecule has 2 atom stereocenters. The topological polar surface area (TPSA) is 52.6 Å². The largest absolute Gasteiger partial charge is 0.462 e. The molecule has 4 heteroatoms. The Balaban J connectivity index is 3.86. The second-order valence-electron chi connectivity index (χ2n) is 3.84. The first-order chi connectivity index (χ1) is 8.60. The molecule has 2 unspecified atom stereocenters. The summed E-state index contributed by atoms with van der Waals surface area (Å²) in [5.74, 6) is -1.26. The van der Waals surface area contributed by atoms with E-state index in [4.69, 9.17) is 9.47 Å². The number of rotatable bonds is 9. The van der Waals surface area contributed by atoms with Crippen LogP contribution in [-0.2, 0) is 19.1 Å². The van der Waals surface area contributed by atoms with Crippen LogP contribution in [0.3, 0.4) is 0 Å². The van der Waals surface area contributed by atoms with Gasteiger partial charge >= 0.3 is 11.9 Å². The Kier molecular flexibility index (Phi) is 8.62. The van der Waals surface area contributed by atoms with Crippen molar-refractivity contribution in [2.45, 2.75) is 26.7 Å². The van der Waals surface area contributed by atoms with Gasteiger partial charge in [-0.3, -0.25) is 9.59 Å². The van der Waals surface area contributed by atoms with E-state index in [0.29, 0.717) is 12.8 Å². The third-order valence-corrected chi connectivity index (χ3v) is 2.63. The molecule has 0 fully saturated rings. The van der Waals surface area contributed by atoms with Crippen LogP contribution in [0.5, 0.6) is 0 Å². The monoisotopic (exact) mass is 254 g/mol. The van der Waals surface area contributed by atoms with Crippen LogP contribution in [0.15, 0.2) is 25.3 Å². The highest BCUT2D eigenvalue weighted by molar-refractivity contribution is 5.75. The van der Waals surface area contributed by atoms with E-state index in [-0.39, 0.29) is 37.0 Å². The molecule has 0 saturated carbocycles. The SMILES string of the molecule is C=CC(CC)C(=O)OCCOC(=O)C(C=C)CC.